The Morgan fingerprint density at radius 2 is 0.932 bits per heavy atom. The largest absolute Gasteiger partial charge is 0.460 e. The zero-order valence-corrected chi connectivity index (χ0v) is 21.2. The van der Waals surface area contributed by atoms with Crippen molar-refractivity contribution in [3.63, 3.8) is 0 Å². The first-order valence-corrected chi connectivity index (χ1v) is 11.4. The van der Waals surface area contributed by atoms with Crippen molar-refractivity contribution < 1.29 is 88.5 Å². The van der Waals surface area contributed by atoms with Gasteiger partial charge in [0.15, 0.2) is 0 Å². The summed E-state index contributed by atoms with van der Waals surface area (Å²) in [5.41, 5.74) is -2.72. The Balaban J connectivity index is 2.74. The van der Waals surface area contributed by atoms with Crippen molar-refractivity contribution in [2.45, 2.75) is 67.0 Å². The molecular weight excluding hydrogens is 662 g/mol. The monoisotopic (exact) mass is 678 g/mol. The number of hydrogen-bond donors (Lipinski definition) is 0. The zero-order valence-electron chi connectivity index (χ0n) is 21.2. The Kier molecular flexibility index (Phi) is 9.61. The molecule has 2 rings (SSSR count). The van der Waals surface area contributed by atoms with Gasteiger partial charge in [0.25, 0.3) is 5.79 Å². The second kappa shape index (κ2) is 11.4. The van der Waals surface area contributed by atoms with Crippen LogP contribution in [-0.4, -0.2) is 54.4 Å². The van der Waals surface area contributed by atoms with Crippen LogP contribution in [0, 0.1) is 0 Å². The second-order valence-electron chi connectivity index (χ2n) is 9.07. The lowest BCUT2D eigenvalue weighted by atomic mass is 9.94. The molecule has 0 aliphatic carbocycles. The van der Waals surface area contributed by atoms with Gasteiger partial charge in [0, 0.05) is 6.92 Å². The van der Waals surface area contributed by atoms with E-state index in [1.54, 1.807) is 0 Å². The Bertz CT molecular complexity index is 1270. The summed E-state index contributed by atoms with van der Waals surface area (Å²) in [6, 6.07) is 6.48. The summed E-state index contributed by atoms with van der Waals surface area (Å²) >= 11 is 0. The van der Waals surface area contributed by atoms with Gasteiger partial charge in [-0.2, -0.15) is 79.0 Å². The maximum absolute atomic E-state index is 15.1. The second-order valence-corrected chi connectivity index (χ2v) is 9.07. The average molecular weight is 678 g/mol. The highest BCUT2D eigenvalue weighted by atomic mass is 19.4. The number of benzene rings is 2. The van der Waals surface area contributed by atoms with Crippen molar-refractivity contribution >= 4 is 0 Å². The SMILES string of the molecule is CC(OCCc1ccccc1)(Oc1ccccc1C(F)(F)C(F)(F)C(F)(F)C(F)(F)F)C(F)(F)C(F)(F)C(F)(F)C(F)(F)F. The first-order chi connectivity index (χ1) is 19.5. The van der Waals surface area contributed by atoms with Gasteiger partial charge in [-0.15, -0.1) is 0 Å². The average Bonchev–Trinajstić information content (AvgIpc) is 2.87. The molecule has 0 aliphatic heterocycles. The van der Waals surface area contributed by atoms with Crippen molar-refractivity contribution in [2.75, 3.05) is 6.61 Å². The van der Waals surface area contributed by atoms with Gasteiger partial charge < -0.3 is 9.47 Å². The summed E-state index contributed by atoms with van der Waals surface area (Å²) in [4.78, 5) is 0. The van der Waals surface area contributed by atoms with Crippen molar-refractivity contribution in [1.29, 1.82) is 0 Å². The van der Waals surface area contributed by atoms with Crippen LogP contribution >= 0.6 is 0 Å². The molecule has 2 aromatic rings. The molecule has 0 N–H and O–H groups in total. The first-order valence-electron chi connectivity index (χ1n) is 11.4. The van der Waals surface area contributed by atoms with E-state index in [2.05, 4.69) is 9.47 Å². The van der Waals surface area contributed by atoms with E-state index in [4.69, 9.17) is 0 Å². The fourth-order valence-electron chi connectivity index (χ4n) is 3.42. The van der Waals surface area contributed by atoms with Gasteiger partial charge in [-0.1, -0.05) is 42.5 Å². The number of ether oxygens (including phenoxy) is 2. The van der Waals surface area contributed by atoms with Gasteiger partial charge in [0.2, 0.25) is 0 Å². The molecule has 0 heterocycles. The van der Waals surface area contributed by atoms with E-state index in [1.807, 2.05) is 0 Å². The third kappa shape index (κ3) is 5.96. The summed E-state index contributed by atoms with van der Waals surface area (Å²) < 4.78 is 255. The minimum absolute atomic E-state index is 0.103. The van der Waals surface area contributed by atoms with E-state index < -0.39 is 91.0 Å². The van der Waals surface area contributed by atoms with E-state index in [9.17, 15) is 70.2 Å². The van der Waals surface area contributed by atoms with Crippen LogP contribution in [0.4, 0.5) is 79.0 Å². The number of hydrogen-bond acceptors (Lipinski definition) is 2. The van der Waals surface area contributed by atoms with Crippen molar-refractivity contribution in [1.82, 2.24) is 0 Å². The van der Waals surface area contributed by atoms with Crippen molar-refractivity contribution in [3.8, 4) is 5.75 Å². The lowest BCUT2D eigenvalue weighted by Crippen LogP contribution is -2.70. The molecule has 0 radical (unpaired) electrons. The van der Waals surface area contributed by atoms with Gasteiger partial charge in [-0.05, 0) is 24.1 Å². The molecule has 20 heteroatoms. The van der Waals surface area contributed by atoms with Crippen molar-refractivity contribution in [2.24, 2.45) is 0 Å². The molecule has 0 aromatic heterocycles. The minimum atomic E-state index is -7.61. The fourth-order valence-corrected chi connectivity index (χ4v) is 3.42. The number of rotatable bonds is 12. The molecule has 2 nitrogen and oxygen atoms in total. The molecule has 0 saturated heterocycles. The molecule has 0 amide bonds. The molecule has 1 atom stereocenters. The maximum atomic E-state index is 15.1. The quantitative estimate of drug-likeness (QED) is 0.165. The zero-order chi connectivity index (χ0) is 34.4. The molecule has 0 aliphatic rings. The van der Waals surface area contributed by atoms with Crippen molar-refractivity contribution in [3.05, 3.63) is 65.7 Å². The minimum Gasteiger partial charge on any atom is -0.455 e. The molecule has 250 valence electrons. The van der Waals surface area contributed by atoms with Gasteiger partial charge in [-0.3, -0.25) is 0 Å². The third-order valence-electron chi connectivity index (χ3n) is 6.00. The predicted octanol–water partition coefficient (Wildman–Crippen LogP) is 9.43. The van der Waals surface area contributed by atoms with Crippen LogP contribution in [0.15, 0.2) is 54.6 Å². The smallest absolute Gasteiger partial charge is 0.455 e. The molecule has 0 spiro atoms. The van der Waals surface area contributed by atoms with Crippen LogP contribution in [-0.2, 0) is 17.1 Å². The lowest BCUT2D eigenvalue weighted by Gasteiger charge is -2.43. The van der Waals surface area contributed by atoms with Gasteiger partial charge in [-0.25, -0.2) is 0 Å². The van der Waals surface area contributed by atoms with Crippen LogP contribution in [0.25, 0.3) is 0 Å². The fraction of sp³-hybridized carbons (Fsp3) is 0.500. The summed E-state index contributed by atoms with van der Waals surface area (Å²) in [5.74, 6) is -51.2. The van der Waals surface area contributed by atoms with Gasteiger partial charge >= 0.3 is 47.9 Å². The highest BCUT2D eigenvalue weighted by Gasteiger charge is 2.87. The van der Waals surface area contributed by atoms with Gasteiger partial charge in [0.05, 0.1) is 12.2 Å². The molecule has 0 bridgehead atoms. The third-order valence-corrected chi connectivity index (χ3v) is 6.00. The molecule has 2 aromatic carbocycles. The molecular formula is C24H16F18O2. The normalized spacial score (nSPS) is 16.1. The van der Waals surface area contributed by atoms with Gasteiger partial charge in [0.1, 0.15) is 5.75 Å². The van der Waals surface area contributed by atoms with Crippen LogP contribution in [0.3, 0.4) is 0 Å². The van der Waals surface area contributed by atoms with E-state index in [0.29, 0.717) is 6.07 Å². The van der Waals surface area contributed by atoms with E-state index in [-0.39, 0.29) is 17.7 Å². The lowest BCUT2D eigenvalue weighted by molar-refractivity contribution is -0.437. The number of para-hydroxylation sites is 1. The van der Waals surface area contributed by atoms with Crippen LogP contribution in [0.2, 0.25) is 0 Å². The highest BCUT2D eigenvalue weighted by molar-refractivity contribution is 5.39. The number of alkyl halides is 18. The molecule has 0 fully saturated rings. The number of halogens is 18. The highest BCUT2D eigenvalue weighted by Crippen LogP contribution is 2.60. The standard InChI is InChI=1S/C24H16F18O2/c1-16(43-12-11-13-7-3-2-4-8-13,18(27,28)20(31,32)22(35,36)24(40,41)42)44-15-10-6-5-9-14(15)17(25,26)19(29,30)21(33,34)23(37,38)39/h2-10H,11-12H2,1H3. The summed E-state index contributed by atoms with van der Waals surface area (Å²) in [5, 5.41) is 0. The first kappa shape index (κ1) is 37.1. The molecule has 1 unspecified atom stereocenters. The summed E-state index contributed by atoms with van der Waals surface area (Å²) in [6.07, 6.45) is -15.4. The Morgan fingerprint density at radius 3 is 1.41 bits per heavy atom. The van der Waals surface area contributed by atoms with E-state index in [1.165, 1.54) is 30.3 Å². The predicted molar refractivity (Wildman–Crippen MR) is 112 cm³/mol. The Labute approximate surface area is 234 Å². The Hall–Kier alpha value is -3.06. The van der Waals surface area contributed by atoms with E-state index >= 15 is 8.78 Å². The molecule has 0 saturated carbocycles. The topological polar surface area (TPSA) is 18.5 Å². The van der Waals surface area contributed by atoms with E-state index in [0.717, 1.165) is 0 Å². The summed E-state index contributed by atoms with van der Waals surface area (Å²) in [7, 11) is 0. The van der Waals surface area contributed by atoms with Crippen LogP contribution in [0.5, 0.6) is 5.75 Å². The molecule has 44 heavy (non-hydrogen) atoms. The van der Waals surface area contributed by atoms with Crippen LogP contribution < -0.4 is 4.74 Å². The van der Waals surface area contributed by atoms with Crippen LogP contribution in [0.1, 0.15) is 18.1 Å². The summed E-state index contributed by atoms with van der Waals surface area (Å²) in [6.45, 7) is -1.87. The Morgan fingerprint density at radius 1 is 0.500 bits per heavy atom. The maximum Gasteiger partial charge on any atom is 0.460 e.